The van der Waals surface area contributed by atoms with E-state index >= 15 is 0 Å². The second kappa shape index (κ2) is 11.8. The predicted octanol–water partition coefficient (Wildman–Crippen LogP) is 4.57. The maximum atomic E-state index is 13.4. The van der Waals surface area contributed by atoms with Gasteiger partial charge in [0.2, 0.25) is 11.9 Å². The molecule has 12 heteroatoms. The van der Waals surface area contributed by atoms with Gasteiger partial charge in [-0.2, -0.15) is 18.5 Å². The number of likely N-dealkylation sites (N-methyl/N-ethyl adjacent to an activating group) is 1. The van der Waals surface area contributed by atoms with Gasteiger partial charge in [0.25, 0.3) is 0 Å². The Bertz CT molecular complexity index is 1110. The fraction of sp³-hybridized carbons (Fsp3) is 0.560. The van der Waals surface area contributed by atoms with Crippen LogP contribution in [0, 0.1) is 24.4 Å². The molecule has 206 valence electrons. The number of fused-ring (bicyclic) bond motifs is 1. The van der Waals surface area contributed by atoms with Crippen molar-refractivity contribution in [3.63, 3.8) is 0 Å². The van der Waals surface area contributed by atoms with Gasteiger partial charge in [-0.3, -0.25) is 4.79 Å². The highest BCUT2D eigenvalue weighted by atomic mass is 32.1. The summed E-state index contributed by atoms with van der Waals surface area (Å²) in [4.78, 5) is 26.0. The zero-order valence-electron chi connectivity index (χ0n) is 19.6. The van der Waals surface area contributed by atoms with Crippen LogP contribution in [0.15, 0.2) is 12.1 Å². The molecule has 1 unspecified atom stereocenters. The van der Waals surface area contributed by atoms with E-state index in [2.05, 4.69) is 10.3 Å². The van der Waals surface area contributed by atoms with E-state index in [4.69, 9.17) is 14.5 Å². The molecule has 5 rings (SSSR count). The molecule has 1 aliphatic carbocycles. The van der Waals surface area contributed by atoms with E-state index in [9.17, 15) is 18.0 Å². The number of aryl methyl sites for hydroxylation is 1. The molecule has 2 aliphatic heterocycles. The number of ether oxygens (including phenoxy) is 2. The third-order valence-corrected chi connectivity index (χ3v) is 6.75. The average Bonchev–Trinajstić information content (AvgIpc) is 3.29. The standard InChI is InChI=1S/C23H26F3N5O3.2CH4.H2S/c1-11-20-21(30(3)12(2)22(32)31(20)14-4-5-33-10-14)29-23(27-11)28-13-6-15(7-13)34-16-8-17(24)19(26)18(25)9-16;;;/h8-9,12-15H,4-7,10H2,1-3H3,(H,27,28,29);2*1H4;1H2/t12-,13?,14?,15?;;;/m0.../s1. The van der Waals surface area contributed by atoms with Crippen molar-refractivity contribution in [2.24, 2.45) is 0 Å². The minimum Gasteiger partial charge on any atom is -0.490 e. The number of hydrogen-bond donors (Lipinski definition) is 1. The smallest absolute Gasteiger partial charge is 0.249 e. The van der Waals surface area contributed by atoms with Crippen molar-refractivity contribution in [1.29, 1.82) is 0 Å². The van der Waals surface area contributed by atoms with Crippen LogP contribution in [-0.4, -0.2) is 60.4 Å². The summed E-state index contributed by atoms with van der Waals surface area (Å²) in [6.07, 6.45) is 1.64. The maximum absolute atomic E-state index is 13.4. The molecule has 1 saturated heterocycles. The zero-order valence-corrected chi connectivity index (χ0v) is 20.6. The number of nitrogens with one attached hydrogen (secondary N) is 1. The second-order valence-corrected chi connectivity index (χ2v) is 9.07. The Balaban J connectivity index is 0.00000160. The number of amides is 1. The van der Waals surface area contributed by atoms with Gasteiger partial charge in [-0.1, -0.05) is 14.9 Å². The van der Waals surface area contributed by atoms with Crippen molar-refractivity contribution >= 4 is 36.9 Å². The van der Waals surface area contributed by atoms with Crippen LogP contribution in [0.3, 0.4) is 0 Å². The van der Waals surface area contributed by atoms with E-state index in [1.165, 1.54) is 0 Å². The fourth-order valence-corrected chi connectivity index (χ4v) is 4.65. The van der Waals surface area contributed by atoms with Gasteiger partial charge in [-0.05, 0) is 20.3 Å². The molecular formula is C25H36F3N5O3S. The van der Waals surface area contributed by atoms with Gasteiger partial charge in [-0.25, -0.2) is 18.2 Å². The molecule has 1 amide bonds. The molecular weight excluding hydrogens is 507 g/mol. The van der Waals surface area contributed by atoms with Crippen molar-refractivity contribution in [2.75, 3.05) is 35.4 Å². The van der Waals surface area contributed by atoms with Gasteiger partial charge in [0.1, 0.15) is 23.6 Å². The van der Waals surface area contributed by atoms with Crippen molar-refractivity contribution in [3.05, 3.63) is 35.3 Å². The molecule has 2 atom stereocenters. The molecule has 2 aromatic rings. The van der Waals surface area contributed by atoms with E-state index in [1.54, 1.807) is 4.90 Å². The van der Waals surface area contributed by atoms with E-state index < -0.39 is 17.5 Å². The van der Waals surface area contributed by atoms with Crippen molar-refractivity contribution in [1.82, 2.24) is 9.97 Å². The first-order chi connectivity index (χ1) is 16.2. The van der Waals surface area contributed by atoms with Gasteiger partial charge in [-0.15, -0.1) is 0 Å². The minimum absolute atomic E-state index is 0. The maximum Gasteiger partial charge on any atom is 0.249 e. The molecule has 0 bridgehead atoms. The number of anilines is 3. The lowest BCUT2D eigenvalue weighted by Crippen LogP contribution is -2.55. The summed E-state index contributed by atoms with van der Waals surface area (Å²) >= 11 is 0. The van der Waals surface area contributed by atoms with Gasteiger partial charge in [0, 0.05) is 44.7 Å². The first-order valence-electron chi connectivity index (χ1n) is 11.3. The summed E-state index contributed by atoms with van der Waals surface area (Å²) in [5.41, 5.74) is 1.40. The van der Waals surface area contributed by atoms with Gasteiger partial charge < -0.3 is 24.6 Å². The summed E-state index contributed by atoms with van der Waals surface area (Å²) in [6, 6.07) is 1.29. The van der Waals surface area contributed by atoms with Gasteiger partial charge >= 0.3 is 0 Å². The summed E-state index contributed by atoms with van der Waals surface area (Å²) in [7, 11) is 1.84. The molecule has 0 radical (unpaired) electrons. The molecule has 0 spiro atoms. The topological polar surface area (TPSA) is 79.8 Å². The lowest BCUT2D eigenvalue weighted by Gasteiger charge is -2.42. The zero-order chi connectivity index (χ0) is 24.1. The predicted molar refractivity (Wildman–Crippen MR) is 143 cm³/mol. The highest BCUT2D eigenvalue weighted by molar-refractivity contribution is 7.59. The van der Waals surface area contributed by atoms with Crippen LogP contribution in [0.25, 0.3) is 0 Å². The normalized spacial score (nSPS) is 24.2. The van der Waals surface area contributed by atoms with Crippen LogP contribution in [0.5, 0.6) is 5.75 Å². The Morgan fingerprint density at radius 1 is 1.14 bits per heavy atom. The number of hydrogen-bond acceptors (Lipinski definition) is 7. The Morgan fingerprint density at radius 2 is 1.78 bits per heavy atom. The van der Waals surface area contributed by atoms with Crippen LogP contribution < -0.4 is 19.9 Å². The third-order valence-electron chi connectivity index (χ3n) is 6.75. The van der Waals surface area contributed by atoms with Crippen LogP contribution in [0.1, 0.15) is 46.7 Å². The lowest BCUT2D eigenvalue weighted by molar-refractivity contribution is -0.120. The van der Waals surface area contributed by atoms with Crippen molar-refractivity contribution in [2.45, 2.75) is 72.2 Å². The number of benzene rings is 1. The van der Waals surface area contributed by atoms with E-state index in [-0.39, 0.29) is 64.2 Å². The van der Waals surface area contributed by atoms with E-state index in [1.807, 2.05) is 25.8 Å². The molecule has 3 aliphatic rings. The molecule has 3 heterocycles. The van der Waals surface area contributed by atoms with Crippen LogP contribution in [0.2, 0.25) is 0 Å². The Labute approximate surface area is 223 Å². The minimum atomic E-state index is -1.51. The number of carbonyl (C=O) groups is 1. The Hall–Kier alpha value is -2.73. The quantitative estimate of drug-likeness (QED) is 0.554. The SMILES string of the molecule is C.C.Cc1nc(NC2CC(Oc3cc(F)c(F)c(F)c3)C2)nc2c1N(C1CCOC1)C(=O)[C@H](C)N2C.S. The van der Waals surface area contributed by atoms with Crippen molar-refractivity contribution in [3.8, 4) is 5.75 Å². The largest absolute Gasteiger partial charge is 0.490 e. The molecule has 1 N–H and O–H groups in total. The number of halogens is 3. The fourth-order valence-electron chi connectivity index (χ4n) is 4.65. The highest BCUT2D eigenvalue weighted by Crippen LogP contribution is 2.39. The molecule has 1 aromatic carbocycles. The molecule has 1 saturated carbocycles. The summed E-state index contributed by atoms with van der Waals surface area (Å²) < 4.78 is 51.0. The van der Waals surface area contributed by atoms with Crippen LogP contribution in [0.4, 0.5) is 30.6 Å². The molecule has 8 nitrogen and oxygen atoms in total. The lowest BCUT2D eigenvalue weighted by atomic mass is 9.89. The van der Waals surface area contributed by atoms with E-state index in [0.29, 0.717) is 49.2 Å². The average molecular weight is 544 g/mol. The summed E-state index contributed by atoms with van der Waals surface area (Å²) in [6.45, 7) is 4.82. The van der Waals surface area contributed by atoms with Crippen LogP contribution in [-0.2, 0) is 9.53 Å². The van der Waals surface area contributed by atoms with Crippen LogP contribution >= 0.6 is 13.5 Å². The van der Waals surface area contributed by atoms with E-state index in [0.717, 1.165) is 18.6 Å². The summed E-state index contributed by atoms with van der Waals surface area (Å²) in [5, 5.41) is 3.28. The molecule has 2 fully saturated rings. The third kappa shape index (κ3) is 5.59. The van der Waals surface area contributed by atoms with Gasteiger partial charge in [0.15, 0.2) is 23.3 Å². The first kappa shape index (κ1) is 30.5. The Kier molecular flexibility index (Phi) is 9.69. The van der Waals surface area contributed by atoms with Gasteiger partial charge in [0.05, 0.1) is 18.3 Å². The Morgan fingerprint density at radius 3 is 2.38 bits per heavy atom. The number of rotatable bonds is 5. The highest BCUT2D eigenvalue weighted by Gasteiger charge is 2.41. The first-order valence-corrected chi connectivity index (χ1v) is 11.3. The van der Waals surface area contributed by atoms with Crippen molar-refractivity contribution < 1.29 is 27.4 Å². The number of aromatic nitrogens is 2. The summed E-state index contributed by atoms with van der Waals surface area (Å²) in [5.74, 6) is -3.00. The number of carbonyl (C=O) groups excluding carboxylic acids is 1. The monoisotopic (exact) mass is 543 g/mol. The molecule has 37 heavy (non-hydrogen) atoms. The number of nitrogens with zero attached hydrogens (tertiary/aromatic N) is 4. The molecule has 1 aromatic heterocycles. The second-order valence-electron chi connectivity index (χ2n) is 9.07.